The minimum absolute atomic E-state index is 0.233. The van der Waals surface area contributed by atoms with E-state index in [1.807, 2.05) is 6.92 Å². The molecule has 1 aromatic rings. The van der Waals surface area contributed by atoms with Crippen molar-refractivity contribution in [3.63, 3.8) is 0 Å². The number of carbonyl (C=O) groups excluding carboxylic acids is 1. The summed E-state index contributed by atoms with van der Waals surface area (Å²) in [6, 6.07) is 1.68. The van der Waals surface area contributed by atoms with Gasteiger partial charge in [-0.1, -0.05) is 11.6 Å². The van der Waals surface area contributed by atoms with Gasteiger partial charge >= 0.3 is 0 Å². The van der Waals surface area contributed by atoms with Gasteiger partial charge in [0.1, 0.15) is 5.82 Å². The van der Waals surface area contributed by atoms with E-state index >= 15 is 0 Å². The molecule has 5 nitrogen and oxygen atoms in total. The van der Waals surface area contributed by atoms with Crippen LogP contribution in [0.15, 0.2) is 17.0 Å². The third-order valence-corrected chi connectivity index (χ3v) is 4.72. The van der Waals surface area contributed by atoms with Gasteiger partial charge in [0.05, 0.1) is 15.5 Å². The van der Waals surface area contributed by atoms with E-state index in [0.29, 0.717) is 6.07 Å². The Balaban J connectivity index is 2.40. The summed E-state index contributed by atoms with van der Waals surface area (Å²) in [4.78, 5) is 11.6. The summed E-state index contributed by atoms with van der Waals surface area (Å²) in [5.74, 6) is -1.61. The smallest absolute Gasteiger partial charge is 0.253 e. The van der Waals surface area contributed by atoms with Crippen molar-refractivity contribution in [2.75, 3.05) is 0 Å². The van der Waals surface area contributed by atoms with E-state index in [-0.39, 0.29) is 11.1 Å². The second-order valence-corrected chi connectivity index (χ2v) is 7.12. The molecule has 110 valence electrons. The van der Waals surface area contributed by atoms with Gasteiger partial charge in [-0.15, -0.1) is 0 Å². The number of rotatable bonds is 3. The highest BCUT2D eigenvalue weighted by Crippen LogP contribution is 2.32. The fraction of sp³-hybridized carbons (Fsp3) is 0.417. The van der Waals surface area contributed by atoms with E-state index in [1.165, 1.54) is 0 Å². The molecule has 2 rings (SSSR count). The molecule has 20 heavy (non-hydrogen) atoms. The maximum absolute atomic E-state index is 13.6. The molecular weight excluding hydrogens is 307 g/mol. The average Bonchev–Trinajstić information content (AvgIpc) is 2.28. The lowest BCUT2D eigenvalue weighted by molar-refractivity contribution is 0.0850. The Kier molecular flexibility index (Phi) is 3.79. The predicted molar refractivity (Wildman–Crippen MR) is 72.5 cm³/mol. The lowest BCUT2D eigenvalue weighted by Gasteiger charge is -2.39. The fourth-order valence-corrected chi connectivity index (χ4v) is 2.81. The summed E-state index contributed by atoms with van der Waals surface area (Å²) in [6.45, 7) is 1.86. The van der Waals surface area contributed by atoms with Crippen LogP contribution in [0.1, 0.15) is 36.5 Å². The number of amides is 1. The van der Waals surface area contributed by atoms with Gasteiger partial charge in [-0.3, -0.25) is 4.79 Å². The van der Waals surface area contributed by atoms with Gasteiger partial charge < -0.3 is 5.32 Å². The second kappa shape index (κ2) is 4.98. The van der Waals surface area contributed by atoms with Crippen molar-refractivity contribution in [2.24, 2.45) is 5.14 Å². The monoisotopic (exact) mass is 320 g/mol. The number of carbonyl (C=O) groups is 1. The summed E-state index contributed by atoms with van der Waals surface area (Å²) >= 11 is 5.73. The van der Waals surface area contributed by atoms with Crippen LogP contribution in [0.3, 0.4) is 0 Å². The third kappa shape index (κ3) is 2.94. The molecular formula is C12H14ClFN2O3S. The molecule has 0 unspecified atom stereocenters. The SMILES string of the molecule is CC1(NC(=O)c2cc(S(N)(=O)=O)cc(F)c2Cl)CCC1. The lowest BCUT2D eigenvalue weighted by atomic mass is 9.78. The number of halogens is 2. The predicted octanol–water partition coefficient (Wildman–Crippen LogP) is 1.80. The largest absolute Gasteiger partial charge is 0.347 e. The quantitative estimate of drug-likeness (QED) is 0.890. The Morgan fingerprint density at radius 2 is 2.05 bits per heavy atom. The van der Waals surface area contributed by atoms with Gasteiger partial charge in [0, 0.05) is 5.54 Å². The number of nitrogens with one attached hydrogen (secondary N) is 1. The van der Waals surface area contributed by atoms with Crippen LogP contribution in [0.4, 0.5) is 4.39 Å². The van der Waals surface area contributed by atoms with Crippen LogP contribution in [0.25, 0.3) is 0 Å². The number of hydrogen-bond donors (Lipinski definition) is 2. The van der Waals surface area contributed by atoms with E-state index < -0.39 is 31.7 Å². The molecule has 0 aromatic heterocycles. The minimum atomic E-state index is -4.11. The first-order chi connectivity index (χ1) is 9.12. The maximum atomic E-state index is 13.6. The Hall–Kier alpha value is -1.18. The van der Waals surface area contributed by atoms with Gasteiger partial charge in [0.2, 0.25) is 10.0 Å². The van der Waals surface area contributed by atoms with Gasteiger partial charge in [0.15, 0.2) is 0 Å². The van der Waals surface area contributed by atoms with Gasteiger partial charge in [-0.05, 0) is 38.3 Å². The third-order valence-electron chi connectivity index (χ3n) is 3.45. The summed E-state index contributed by atoms with van der Waals surface area (Å²) < 4.78 is 36.1. The van der Waals surface area contributed by atoms with E-state index in [2.05, 4.69) is 5.32 Å². The number of sulfonamides is 1. The summed E-state index contributed by atoms with van der Waals surface area (Å²) in [5, 5.41) is 7.25. The van der Waals surface area contributed by atoms with E-state index in [4.69, 9.17) is 16.7 Å². The molecule has 1 aromatic carbocycles. The van der Waals surface area contributed by atoms with Crippen molar-refractivity contribution >= 4 is 27.5 Å². The first kappa shape index (κ1) is 15.2. The normalized spacial score (nSPS) is 17.4. The summed E-state index contributed by atoms with van der Waals surface area (Å²) in [6.07, 6.45) is 2.62. The lowest BCUT2D eigenvalue weighted by Crippen LogP contribution is -2.51. The van der Waals surface area contributed by atoms with Crippen molar-refractivity contribution in [1.82, 2.24) is 5.32 Å². The zero-order valence-corrected chi connectivity index (χ0v) is 12.3. The Labute approximate surface area is 121 Å². The number of benzene rings is 1. The van der Waals surface area contributed by atoms with Crippen LogP contribution in [0.2, 0.25) is 5.02 Å². The molecule has 0 radical (unpaired) electrons. The zero-order valence-electron chi connectivity index (χ0n) is 10.7. The van der Waals surface area contributed by atoms with Crippen molar-refractivity contribution in [3.05, 3.63) is 28.5 Å². The number of nitrogens with two attached hydrogens (primary N) is 1. The first-order valence-electron chi connectivity index (χ1n) is 5.97. The molecule has 0 saturated heterocycles. The van der Waals surface area contributed by atoms with Crippen LogP contribution in [-0.4, -0.2) is 19.9 Å². The molecule has 3 N–H and O–H groups in total. The Morgan fingerprint density at radius 3 is 2.50 bits per heavy atom. The molecule has 0 aliphatic heterocycles. The first-order valence-corrected chi connectivity index (χ1v) is 7.89. The average molecular weight is 321 g/mol. The molecule has 1 fully saturated rings. The van der Waals surface area contributed by atoms with E-state index in [9.17, 15) is 17.6 Å². The van der Waals surface area contributed by atoms with Crippen molar-refractivity contribution in [1.29, 1.82) is 0 Å². The van der Waals surface area contributed by atoms with Crippen LogP contribution in [0, 0.1) is 5.82 Å². The van der Waals surface area contributed by atoms with Crippen LogP contribution in [-0.2, 0) is 10.0 Å². The summed E-state index contributed by atoms with van der Waals surface area (Å²) in [7, 11) is -4.11. The topological polar surface area (TPSA) is 89.3 Å². The molecule has 1 saturated carbocycles. The molecule has 8 heteroatoms. The van der Waals surface area contributed by atoms with Crippen LogP contribution in [0.5, 0.6) is 0 Å². The van der Waals surface area contributed by atoms with Crippen LogP contribution >= 0.6 is 11.6 Å². The molecule has 0 bridgehead atoms. The van der Waals surface area contributed by atoms with Gasteiger partial charge in [0.25, 0.3) is 5.91 Å². The Bertz CT molecular complexity index is 672. The molecule has 1 aliphatic rings. The second-order valence-electron chi connectivity index (χ2n) is 5.18. The van der Waals surface area contributed by atoms with Crippen molar-refractivity contribution < 1.29 is 17.6 Å². The van der Waals surface area contributed by atoms with E-state index in [0.717, 1.165) is 25.3 Å². The molecule has 1 amide bonds. The van der Waals surface area contributed by atoms with Crippen LogP contribution < -0.4 is 10.5 Å². The molecule has 0 atom stereocenters. The number of hydrogen-bond acceptors (Lipinski definition) is 3. The molecule has 0 heterocycles. The van der Waals surface area contributed by atoms with Gasteiger partial charge in [-0.25, -0.2) is 17.9 Å². The zero-order chi connectivity index (χ0) is 15.1. The number of primary sulfonamides is 1. The Morgan fingerprint density at radius 1 is 1.45 bits per heavy atom. The maximum Gasteiger partial charge on any atom is 0.253 e. The highest BCUT2D eigenvalue weighted by molar-refractivity contribution is 7.89. The fourth-order valence-electron chi connectivity index (χ4n) is 2.07. The van der Waals surface area contributed by atoms with Gasteiger partial charge in [-0.2, -0.15) is 0 Å². The molecule has 1 aliphatic carbocycles. The highest BCUT2D eigenvalue weighted by atomic mass is 35.5. The van der Waals surface area contributed by atoms with Crippen molar-refractivity contribution in [2.45, 2.75) is 36.6 Å². The standard InChI is InChI=1S/C12H14ClFN2O3S/c1-12(3-2-4-12)16-11(17)8-5-7(20(15,18)19)6-9(14)10(8)13/h5-6H,2-4H2,1H3,(H,16,17)(H2,15,18,19). The summed E-state index contributed by atoms with van der Waals surface area (Å²) in [5.41, 5.74) is -0.585. The highest BCUT2D eigenvalue weighted by Gasteiger charge is 2.34. The molecule has 0 spiro atoms. The van der Waals surface area contributed by atoms with Crippen molar-refractivity contribution in [3.8, 4) is 0 Å². The minimum Gasteiger partial charge on any atom is -0.347 e. The van der Waals surface area contributed by atoms with E-state index in [1.54, 1.807) is 0 Å².